The number of nitrogens with zero attached hydrogens (tertiary/aromatic N) is 3. The number of hydrogen-bond donors (Lipinski definition) is 1. The van der Waals surface area contributed by atoms with Crippen molar-refractivity contribution in [2.45, 2.75) is 33.1 Å². The minimum absolute atomic E-state index is 0.172. The fraction of sp³-hybridized carbons (Fsp3) is 0.417. The monoisotopic (exact) mass is 218 g/mol. The average molecular weight is 218 g/mol. The van der Waals surface area contributed by atoms with Gasteiger partial charge in [-0.3, -0.25) is 0 Å². The van der Waals surface area contributed by atoms with Crippen molar-refractivity contribution < 1.29 is 5.11 Å². The van der Waals surface area contributed by atoms with Gasteiger partial charge in [-0.25, -0.2) is 0 Å². The van der Waals surface area contributed by atoms with Gasteiger partial charge in [-0.05, 0) is 26.7 Å². The maximum Gasteiger partial charge on any atom is 0.497 e. The lowest BCUT2D eigenvalue weighted by Gasteiger charge is -2.02. The molecule has 0 rings (SSSR count). The molecular formula is C12H16N3O+. The summed E-state index contributed by atoms with van der Waals surface area (Å²) in [4.78, 5) is 2.70. The Labute approximate surface area is 95.8 Å². The Kier molecular flexibility index (Phi) is 6.31. The third-order valence-corrected chi connectivity index (χ3v) is 2.42. The Bertz CT molecular complexity index is 389. The quantitative estimate of drug-likeness (QED) is 0.330. The van der Waals surface area contributed by atoms with E-state index in [1.54, 1.807) is 12.1 Å². The molecule has 0 unspecified atom stereocenters. The summed E-state index contributed by atoms with van der Waals surface area (Å²) in [5.74, 6) is -0.172. The highest BCUT2D eigenvalue weighted by molar-refractivity contribution is 5.29. The topological polar surface area (TPSA) is 72.2 Å². The van der Waals surface area contributed by atoms with Gasteiger partial charge in [-0.2, -0.15) is 5.26 Å². The van der Waals surface area contributed by atoms with Crippen molar-refractivity contribution >= 4 is 0 Å². The van der Waals surface area contributed by atoms with E-state index < -0.39 is 0 Å². The Balaban J connectivity index is 4.32. The van der Waals surface area contributed by atoms with E-state index in [-0.39, 0.29) is 11.5 Å². The second-order valence-corrected chi connectivity index (χ2v) is 3.53. The van der Waals surface area contributed by atoms with Crippen molar-refractivity contribution in [3.05, 3.63) is 40.2 Å². The van der Waals surface area contributed by atoms with E-state index in [9.17, 15) is 5.11 Å². The van der Waals surface area contributed by atoms with Gasteiger partial charge in [0.2, 0.25) is 11.2 Å². The lowest BCUT2D eigenvalue weighted by Crippen LogP contribution is -1.89. The van der Waals surface area contributed by atoms with Crippen LogP contribution in [0.15, 0.2) is 35.3 Å². The smallest absolute Gasteiger partial charge is 0.497 e. The lowest BCUT2D eigenvalue weighted by atomic mass is 10.0. The molecule has 0 radical (unpaired) electrons. The average Bonchev–Trinajstić information content (AvgIpc) is 2.29. The molecule has 0 spiro atoms. The normalized spacial score (nSPS) is 13.0. The summed E-state index contributed by atoms with van der Waals surface area (Å²) < 4.78 is 0. The van der Waals surface area contributed by atoms with Crippen LogP contribution in [0.1, 0.15) is 33.1 Å². The first-order valence-corrected chi connectivity index (χ1v) is 5.02. The number of allylic oxidation sites excluding steroid dienone is 5. The highest BCUT2D eigenvalue weighted by atomic mass is 16.3. The Morgan fingerprint density at radius 2 is 2.06 bits per heavy atom. The minimum Gasteiger partial charge on any atom is -0.504 e. The van der Waals surface area contributed by atoms with Crippen LogP contribution in [0.4, 0.5) is 0 Å². The van der Waals surface area contributed by atoms with E-state index in [0.29, 0.717) is 12.8 Å². The fourth-order valence-electron chi connectivity index (χ4n) is 1.16. The molecule has 4 nitrogen and oxygen atoms in total. The number of aliphatic hydroxyl groups excluding tert-OH is 1. The molecule has 1 N–H and O–H groups in total. The van der Waals surface area contributed by atoms with E-state index in [4.69, 9.17) is 10.7 Å². The number of diazo groups is 1. The van der Waals surface area contributed by atoms with Gasteiger partial charge < -0.3 is 5.11 Å². The first-order valence-electron chi connectivity index (χ1n) is 5.02. The molecule has 0 aliphatic carbocycles. The van der Waals surface area contributed by atoms with E-state index in [1.165, 1.54) is 5.57 Å². The van der Waals surface area contributed by atoms with Gasteiger partial charge in [0, 0.05) is 6.42 Å². The first-order chi connectivity index (χ1) is 7.56. The zero-order chi connectivity index (χ0) is 12.6. The molecule has 0 aliphatic rings. The molecule has 4 heteroatoms. The third-order valence-electron chi connectivity index (χ3n) is 2.42. The molecule has 0 atom stereocenters. The van der Waals surface area contributed by atoms with Crippen LogP contribution in [-0.2, 0) is 0 Å². The molecule has 0 amide bonds. The van der Waals surface area contributed by atoms with Crippen molar-refractivity contribution in [2.24, 2.45) is 0 Å². The molecule has 0 saturated heterocycles. The van der Waals surface area contributed by atoms with Crippen LogP contribution < -0.4 is 0 Å². The van der Waals surface area contributed by atoms with Crippen LogP contribution >= 0.6 is 0 Å². The van der Waals surface area contributed by atoms with Crippen molar-refractivity contribution in [3.8, 4) is 6.07 Å². The summed E-state index contributed by atoms with van der Waals surface area (Å²) in [6.07, 6.45) is 3.62. The van der Waals surface area contributed by atoms with Crippen LogP contribution in [0.3, 0.4) is 0 Å². The summed E-state index contributed by atoms with van der Waals surface area (Å²) in [7, 11) is 0. The van der Waals surface area contributed by atoms with Gasteiger partial charge >= 0.3 is 5.70 Å². The standard InChI is InChI=1S/C12H15N3O/c1-4-9(2)10(3)6-5-7-12(16)11(8-13)15-14/h4H,1,5-7H2,2-3H3/p+1/b10-9+,12-11-. The van der Waals surface area contributed by atoms with Crippen molar-refractivity contribution in [3.63, 3.8) is 0 Å². The van der Waals surface area contributed by atoms with Gasteiger partial charge in [-0.1, -0.05) is 23.8 Å². The Hall–Kier alpha value is -2.07. The van der Waals surface area contributed by atoms with Crippen molar-refractivity contribution in [1.29, 1.82) is 10.7 Å². The largest absolute Gasteiger partial charge is 0.504 e. The van der Waals surface area contributed by atoms with Gasteiger partial charge in [0.05, 0.1) is 0 Å². The molecule has 0 heterocycles. The summed E-state index contributed by atoms with van der Waals surface area (Å²) in [6, 6.07) is 1.61. The number of aliphatic hydroxyl groups is 1. The van der Waals surface area contributed by atoms with Crippen molar-refractivity contribution in [1.82, 2.24) is 0 Å². The van der Waals surface area contributed by atoms with E-state index in [0.717, 1.165) is 12.0 Å². The molecule has 0 fully saturated rings. The number of hydrogen-bond acceptors (Lipinski definition) is 3. The van der Waals surface area contributed by atoms with E-state index >= 15 is 0 Å². The second kappa shape index (κ2) is 7.25. The maximum atomic E-state index is 9.38. The molecular weight excluding hydrogens is 202 g/mol. The Morgan fingerprint density at radius 1 is 1.44 bits per heavy atom. The van der Waals surface area contributed by atoms with Gasteiger partial charge in [0.15, 0.2) is 11.0 Å². The summed E-state index contributed by atoms with van der Waals surface area (Å²) >= 11 is 0. The van der Waals surface area contributed by atoms with Crippen LogP contribution in [-0.4, -0.2) is 5.11 Å². The molecule has 16 heavy (non-hydrogen) atoms. The van der Waals surface area contributed by atoms with Crippen LogP contribution in [0.2, 0.25) is 0 Å². The molecule has 0 aromatic carbocycles. The number of nitriles is 1. The molecule has 84 valence electrons. The Morgan fingerprint density at radius 3 is 2.50 bits per heavy atom. The molecule has 0 saturated carbocycles. The molecule has 0 aliphatic heterocycles. The zero-order valence-electron chi connectivity index (χ0n) is 9.69. The summed E-state index contributed by atoms with van der Waals surface area (Å²) in [5.41, 5.74) is 2.00. The molecule has 0 aromatic heterocycles. The second-order valence-electron chi connectivity index (χ2n) is 3.53. The minimum atomic E-state index is -0.318. The van der Waals surface area contributed by atoms with E-state index in [2.05, 4.69) is 11.6 Å². The summed E-state index contributed by atoms with van der Waals surface area (Å²) in [5, 5.41) is 26.3. The van der Waals surface area contributed by atoms with Gasteiger partial charge in [0.1, 0.15) is 0 Å². The zero-order valence-corrected chi connectivity index (χ0v) is 9.69. The highest BCUT2D eigenvalue weighted by Crippen LogP contribution is 2.16. The van der Waals surface area contributed by atoms with Gasteiger partial charge in [-0.15, -0.1) is 0 Å². The molecule has 0 bridgehead atoms. The third kappa shape index (κ3) is 4.43. The predicted molar refractivity (Wildman–Crippen MR) is 62.8 cm³/mol. The maximum absolute atomic E-state index is 9.38. The van der Waals surface area contributed by atoms with E-state index in [1.807, 2.05) is 13.8 Å². The predicted octanol–water partition coefficient (Wildman–Crippen LogP) is 3.83. The first kappa shape index (κ1) is 13.9. The van der Waals surface area contributed by atoms with Crippen molar-refractivity contribution in [2.75, 3.05) is 0 Å². The van der Waals surface area contributed by atoms with Crippen LogP contribution in [0.25, 0.3) is 4.98 Å². The molecule has 0 aromatic rings. The fourth-order valence-corrected chi connectivity index (χ4v) is 1.16. The number of rotatable bonds is 5. The van der Waals surface area contributed by atoms with Crippen LogP contribution in [0, 0.1) is 16.7 Å². The van der Waals surface area contributed by atoms with Gasteiger partial charge in [0.25, 0.3) is 0 Å². The summed E-state index contributed by atoms with van der Waals surface area (Å²) in [6.45, 7) is 7.65. The van der Waals surface area contributed by atoms with Crippen LogP contribution in [0.5, 0.6) is 0 Å². The SMILES string of the molecule is C=C/C(C)=C(\C)CCC/C(O)=C(\C#N)[N+]#N. The lowest BCUT2D eigenvalue weighted by molar-refractivity contribution is 0.380. The highest BCUT2D eigenvalue weighted by Gasteiger charge is 2.16.